The highest BCUT2D eigenvalue weighted by Gasteiger charge is 2.12. The molecule has 0 bridgehead atoms. The number of amides is 1. The minimum atomic E-state index is -0.360. The molecular formula is C21H21N3O4S2. The normalized spacial score (nSPS) is 10.7. The van der Waals surface area contributed by atoms with E-state index in [9.17, 15) is 9.59 Å². The summed E-state index contributed by atoms with van der Waals surface area (Å²) in [6.07, 6.45) is 0.0766. The van der Waals surface area contributed by atoms with Crippen molar-refractivity contribution in [3.8, 4) is 5.75 Å². The van der Waals surface area contributed by atoms with E-state index in [4.69, 9.17) is 9.47 Å². The van der Waals surface area contributed by atoms with Gasteiger partial charge in [-0.2, -0.15) is 0 Å². The van der Waals surface area contributed by atoms with E-state index in [0.29, 0.717) is 22.0 Å². The Bertz CT molecular complexity index is 1000. The predicted octanol–water partition coefficient (Wildman–Crippen LogP) is 4.66. The lowest BCUT2D eigenvalue weighted by Crippen LogP contribution is -2.12. The number of benzene rings is 2. The molecular weight excluding hydrogens is 422 g/mol. The Balaban J connectivity index is 1.53. The number of nitrogens with one attached hydrogen (secondary N) is 1. The molecule has 3 rings (SSSR count). The van der Waals surface area contributed by atoms with Crippen LogP contribution >= 0.6 is 23.1 Å². The molecule has 0 fully saturated rings. The van der Waals surface area contributed by atoms with Crippen molar-refractivity contribution >= 4 is 40.1 Å². The summed E-state index contributed by atoms with van der Waals surface area (Å²) in [4.78, 5) is 23.9. The molecule has 156 valence electrons. The molecule has 0 spiro atoms. The first kappa shape index (κ1) is 21.8. The Kier molecular flexibility index (Phi) is 7.42. The Hall–Kier alpha value is -2.91. The van der Waals surface area contributed by atoms with E-state index in [1.807, 2.05) is 26.0 Å². The number of thioether (sulfide) groups is 1. The van der Waals surface area contributed by atoms with Gasteiger partial charge in [0.1, 0.15) is 5.75 Å². The van der Waals surface area contributed by atoms with Crippen LogP contribution in [0.4, 0.5) is 5.13 Å². The predicted molar refractivity (Wildman–Crippen MR) is 117 cm³/mol. The molecule has 1 aromatic heterocycles. The quantitative estimate of drug-likeness (QED) is 0.308. The fourth-order valence-corrected chi connectivity index (χ4v) is 4.15. The first-order valence-electron chi connectivity index (χ1n) is 9.16. The molecule has 0 radical (unpaired) electrons. The standard InChI is InChI=1S/C21H21N3O4S2/c1-13(2)28-17-10-8-15(9-11-17)18(25)22-20-23-24-21(30-20)29-12-14-4-6-16(7-5-14)19(26)27-3/h4-11,13H,12H2,1-3H3,(H,22,23,25). The number of hydrogen-bond donors (Lipinski definition) is 1. The number of carbonyl (C=O) groups excluding carboxylic acids is 2. The topological polar surface area (TPSA) is 90.4 Å². The van der Waals surface area contributed by atoms with Gasteiger partial charge in [0.25, 0.3) is 5.91 Å². The zero-order valence-corrected chi connectivity index (χ0v) is 18.4. The third-order valence-corrected chi connectivity index (χ3v) is 5.90. The second-order valence-electron chi connectivity index (χ2n) is 6.50. The van der Waals surface area contributed by atoms with Crippen LogP contribution in [0.2, 0.25) is 0 Å². The van der Waals surface area contributed by atoms with Gasteiger partial charge in [0, 0.05) is 11.3 Å². The minimum absolute atomic E-state index is 0.0766. The third kappa shape index (κ3) is 6.04. The lowest BCUT2D eigenvalue weighted by Gasteiger charge is -2.09. The van der Waals surface area contributed by atoms with Crippen LogP contribution in [-0.2, 0) is 10.5 Å². The average molecular weight is 444 g/mol. The lowest BCUT2D eigenvalue weighted by atomic mass is 10.1. The largest absolute Gasteiger partial charge is 0.491 e. The average Bonchev–Trinajstić information content (AvgIpc) is 3.19. The van der Waals surface area contributed by atoms with Gasteiger partial charge >= 0.3 is 5.97 Å². The van der Waals surface area contributed by atoms with Gasteiger partial charge in [0.2, 0.25) is 5.13 Å². The van der Waals surface area contributed by atoms with Crippen LogP contribution in [0.25, 0.3) is 0 Å². The third-order valence-electron chi connectivity index (χ3n) is 3.85. The summed E-state index contributed by atoms with van der Waals surface area (Å²) in [6.45, 7) is 3.89. The fraction of sp³-hybridized carbons (Fsp3) is 0.238. The van der Waals surface area contributed by atoms with Gasteiger partial charge in [0.15, 0.2) is 4.34 Å². The van der Waals surface area contributed by atoms with Gasteiger partial charge in [-0.15, -0.1) is 10.2 Å². The van der Waals surface area contributed by atoms with E-state index in [1.165, 1.54) is 30.2 Å². The number of methoxy groups -OCH3 is 1. The van der Waals surface area contributed by atoms with Gasteiger partial charge in [0.05, 0.1) is 18.8 Å². The monoisotopic (exact) mass is 443 g/mol. The van der Waals surface area contributed by atoms with Crippen molar-refractivity contribution in [1.82, 2.24) is 10.2 Å². The van der Waals surface area contributed by atoms with Crippen molar-refractivity contribution in [2.24, 2.45) is 0 Å². The summed E-state index contributed by atoms with van der Waals surface area (Å²) < 4.78 is 11.0. The van der Waals surface area contributed by atoms with E-state index in [1.54, 1.807) is 36.4 Å². The van der Waals surface area contributed by atoms with Gasteiger partial charge in [-0.05, 0) is 55.8 Å². The second kappa shape index (κ2) is 10.2. The number of esters is 1. The highest BCUT2D eigenvalue weighted by Crippen LogP contribution is 2.28. The van der Waals surface area contributed by atoms with Crippen molar-refractivity contribution in [2.45, 2.75) is 30.0 Å². The summed E-state index contributed by atoms with van der Waals surface area (Å²) in [5.41, 5.74) is 2.06. The van der Waals surface area contributed by atoms with Crippen molar-refractivity contribution in [1.29, 1.82) is 0 Å². The molecule has 0 atom stereocenters. The van der Waals surface area contributed by atoms with Crippen LogP contribution in [0.3, 0.4) is 0 Å². The molecule has 0 saturated carbocycles. The minimum Gasteiger partial charge on any atom is -0.491 e. The number of aromatic nitrogens is 2. The SMILES string of the molecule is COC(=O)c1ccc(CSc2nnc(NC(=O)c3ccc(OC(C)C)cc3)s2)cc1. The number of nitrogens with zero attached hydrogens (tertiary/aromatic N) is 2. The number of carbonyl (C=O) groups is 2. The Morgan fingerprint density at radius 1 is 1.03 bits per heavy atom. The van der Waals surface area contributed by atoms with E-state index in [0.717, 1.165) is 15.7 Å². The van der Waals surface area contributed by atoms with Crippen LogP contribution in [0.5, 0.6) is 5.75 Å². The lowest BCUT2D eigenvalue weighted by molar-refractivity contribution is 0.0600. The molecule has 3 aromatic rings. The second-order valence-corrected chi connectivity index (χ2v) is 8.70. The summed E-state index contributed by atoms with van der Waals surface area (Å²) in [6, 6.07) is 14.1. The molecule has 0 saturated heterocycles. The van der Waals surface area contributed by atoms with Gasteiger partial charge in [-0.1, -0.05) is 35.2 Å². The number of hydrogen-bond acceptors (Lipinski definition) is 8. The fourth-order valence-electron chi connectivity index (χ4n) is 2.44. The van der Waals surface area contributed by atoms with E-state index < -0.39 is 0 Å². The molecule has 2 aromatic carbocycles. The van der Waals surface area contributed by atoms with E-state index in [-0.39, 0.29) is 18.0 Å². The maximum Gasteiger partial charge on any atom is 0.337 e. The Labute approximate surface area is 182 Å². The zero-order valence-electron chi connectivity index (χ0n) is 16.7. The van der Waals surface area contributed by atoms with E-state index in [2.05, 4.69) is 15.5 Å². The van der Waals surface area contributed by atoms with Crippen LogP contribution in [0, 0.1) is 0 Å². The van der Waals surface area contributed by atoms with Crippen LogP contribution in [0.1, 0.15) is 40.1 Å². The number of rotatable bonds is 8. The van der Waals surface area contributed by atoms with Gasteiger partial charge < -0.3 is 9.47 Å². The Morgan fingerprint density at radius 2 is 1.70 bits per heavy atom. The summed E-state index contributed by atoms with van der Waals surface area (Å²) in [5.74, 6) is 0.773. The molecule has 1 heterocycles. The summed E-state index contributed by atoms with van der Waals surface area (Å²) in [7, 11) is 1.36. The molecule has 0 aliphatic heterocycles. The van der Waals surface area contributed by atoms with Crippen molar-refractivity contribution < 1.29 is 19.1 Å². The number of anilines is 1. The zero-order chi connectivity index (χ0) is 21.5. The molecule has 0 aliphatic carbocycles. The molecule has 30 heavy (non-hydrogen) atoms. The maximum absolute atomic E-state index is 12.4. The van der Waals surface area contributed by atoms with Crippen molar-refractivity contribution in [2.75, 3.05) is 12.4 Å². The molecule has 0 unspecified atom stereocenters. The van der Waals surface area contributed by atoms with Crippen molar-refractivity contribution in [3.63, 3.8) is 0 Å². The molecule has 9 heteroatoms. The first-order chi connectivity index (χ1) is 14.4. The maximum atomic E-state index is 12.4. The molecule has 0 aliphatic rings. The molecule has 1 amide bonds. The summed E-state index contributed by atoms with van der Waals surface area (Å²) in [5, 5.41) is 11.3. The van der Waals surface area contributed by atoms with Crippen LogP contribution in [-0.4, -0.2) is 35.3 Å². The highest BCUT2D eigenvalue weighted by molar-refractivity contribution is 8.00. The van der Waals surface area contributed by atoms with Crippen molar-refractivity contribution in [3.05, 3.63) is 65.2 Å². The van der Waals surface area contributed by atoms with E-state index >= 15 is 0 Å². The molecule has 7 nitrogen and oxygen atoms in total. The molecule has 1 N–H and O–H groups in total. The first-order valence-corrected chi connectivity index (χ1v) is 11.0. The highest BCUT2D eigenvalue weighted by atomic mass is 32.2. The van der Waals surface area contributed by atoms with Crippen LogP contribution in [0.15, 0.2) is 52.9 Å². The summed E-state index contributed by atoms with van der Waals surface area (Å²) >= 11 is 2.81. The smallest absolute Gasteiger partial charge is 0.337 e. The Morgan fingerprint density at radius 3 is 2.33 bits per heavy atom. The van der Waals surface area contributed by atoms with Crippen LogP contribution < -0.4 is 10.1 Å². The number of ether oxygens (including phenoxy) is 2. The van der Waals surface area contributed by atoms with Gasteiger partial charge in [-0.3, -0.25) is 10.1 Å². The van der Waals surface area contributed by atoms with Gasteiger partial charge in [-0.25, -0.2) is 4.79 Å².